The van der Waals surface area contributed by atoms with E-state index in [-0.39, 0.29) is 13.2 Å². The molecule has 124 valence electrons. The lowest BCUT2D eigenvalue weighted by atomic mass is 9.84. The van der Waals surface area contributed by atoms with Crippen LogP contribution in [0.3, 0.4) is 0 Å². The fourth-order valence-electron chi connectivity index (χ4n) is 3.66. The molecule has 0 saturated heterocycles. The lowest BCUT2D eigenvalue weighted by Gasteiger charge is -2.24. The van der Waals surface area contributed by atoms with Gasteiger partial charge in [-0.15, -0.1) is 0 Å². The number of esters is 2. The van der Waals surface area contributed by atoms with Gasteiger partial charge in [-0.05, 0) is 55.0 Å². The number of hydrogen-bond acceptors (Lipinski definition) is 5. The lowest BCUT2D eigenvalue weighted by Crippen LogP contribution is -2.43. The molecule has 3 rings (SSSR count). The molecule has 0 atom stereocenters. The van der Waals surface area contributed by atoms with Gasteiger partial charge in [0.1, 0.15) is 0 Å². The summed E-state index contributed by atoms with van der Waals surface area (Å²) in [6.07, 6.45) is 0.681. The van der Waals surface area contributed by atoms with E-state index in [1.165, 1.54) is 5.56 Å². The monoisotopic (exact) mass is 318 g/mol. The summed E-state index contributed by atoms with van der Waals surface area (Å²) in [6.45, 7) is 7.17. The Labute approximate surface area is 135 Å². The summed E-state index contributed by atoms with van der Waals surface area (Å²) in [4.78, 5) is 25.2. The van der Waals surface area contributed by atoms with E-state index in [4.69, 9.17) is 14.2 Å². The Morgan fingerprint density at radius 1 is 1.04 bits per heavy atom. The molecule has 0 radical (unpaired) electrons. The zero-order valence-corrected chi connectivity index (χ0v) is 13.9. The van der Waals surface area contributed by atoms with Gasteiger partial charge in [-0.25, -0.2) is 0 Å². The molecule has 0 aromatic heterocycles. The van der Waals surface area contributed by atoms with Gasteiger partial charge in [0.2, 0.25) is 0 Å². The second-order valence-corrected chi connectivity index (χ2v) is 6.16. The summed E-state index contributed by atoms with van der Waals surface area (Å²) in [5.41, 5.74) is 4.32. The van der Waals surface area contributed by atoms with Crippen LogP contribution in [-0.4, -0.2) is 25.2 Å². The van der Waals surface area contributed by atoms with Crippen LogP contribution < -0.4 is 0 Å². The number of benzene rings is 1. The second kappa shape index (κ2) is 5.96. The third-order valence-electron chi connectivity index (χ3n) is 4.78. The standard InChI is InChI=1S/C18H22O5/c1-4-22-16(19)18(17(20)23-5-2)7-12-6-11(3)14-9-21-10-15(14)13(12)8-18/h6H,4-5,7-10H2,1-3H3. The Kier molecular flexibility index (Phi) is 4.15. The van der Waals surface area contributed by atoms with Crippen molar-refractivity contribution < 1.29 is 23.8 Å². The van der Waals surface area contributed by atoms with Crippen LogP contribution in [0.4, 0.5) is 0 Å². The average Bonchev–Trinajstić information content (AvgIpc) is 3.12. The third-order valence-corrected chi connectivity index (χ3v) is 4.78. The zero-order chi connectivity index (χ0) is 16.6. The largest absolute Gasteiger partial charge is 0.465 e. The first-order chi connectivity index (χ1) is 11.0. The molecular weight excluding hydrogens is 296 g/mol. The maximum absolute atomic E-state index is 12.6. The van der Waals surface area contributed by atoms with Crippen molar-refractivity contribution in [1.29, 1.82) is 0 Å². The molecule has 0 unspecified atom stereocenters. The smallest absolute Gasteiger partial charge is 0.324 e. The van der Waals surface area contributed by atoms with E-state index in [1.54, 1.807) is 13.8 Å². The highest BCUT2D eigenvalue weighted by Gasteiger charge is 2.53. The number of carbonyl (C=O) groups excluding carboxylic acids is 2. The average molecular weight is 318 g/mol. The number of hydrogen-bond donors (Lipinski definition) is 0. The number of carbonyl (C=O) groups is 2. The van der Waals surface area contributed by atoms with E-state index in [2.05, 4.69) is 6.07 Å². The van der Waals surface area contributed by atoms with Crippen molar-refractivity contribution in [2.24, 2.45) is 5.41 Å². The van der Waals surface area contributed by atoms with Crippen molar-refractivity contribution in [1.82, 2.24) is 0 Å². The van der Waals surface area contributed by atoms with Crippen molar-refractivity contribution in [2.45, 2.75) is 46.8 Å². The van der Waals surface area contributed by atoms with Gasteiger partial charge in [-0.1, -0.05) is 6.07 Å². The molecule has 2 aliphatic rings. The Morgan fingerprint density at radius 3 is 2.26 bits per heavy atom. The minimum Gasteiger partial charge on any atom is -0.465 e. The van der Waals surface area contributed by atoms with E-state index >= 15 is 0 Å². The van der Waals surface area contributed by atoms with Crippen molar-refractivity contribution in [3.63, 3.8) is 0 Å². The van der Waals surface area contributed by atoms with Crippen LogP contribution in [0.15, 0.2) is 6.07 Å². The molecule has 0 saturated carbocycles. The maximum atomic E-state index is 12.6. The minimum absolute atomic E-state index is 0.247. The summed E-state index contributed by atoms with van der Waals surface area (Å²) in [5, 5.41) is 0. The van der Waals surface area contributed by atoms with Crippen LogP contribution in [0.5, 0.6) is 0 Å². The molecule has 5 heteroatoms. The highest BCUT2D eigenvalue weighted by molar-refractivity contribution is 6.01. The first-order valence-corrected chi connectivity index (χ1v) is 8.08. The Balaban J connectivity index is 2.04. The first-order valence-electron chi connectivity index (χ1n) is 8.08. The number of rotatable bonds is 4. The molecule has 0 N–H and O–H groups in total. The Bertz CT molecular complexity index is 644. The number of aryl methyl sites for hydroxylation is 1. The molecule has 1 heterocycles. The summed E-state index contributed by atoms with van der Waals surface area (Å²) in [5.74, 6) is -0.972. The molecule has 5 nitrogen and oxygen atoms in total. The molecule has 1 aliphatic carbocycles. The van der Waals surface area contributed by atoms with Gasteiger partial charge in [0, 0.05) is 6.42 Å². The molecule has 0 bridgehead atoms. The van der Waals surface area contributed by atoms with Gasteiger partial charge in [0.15, 0.2) is 5.41 Å². The van der Waals surface area contributed by atoms with Crippen molar-refractivity contribution >= 4 is 11.9 Å². The fourth-order valence-corrected chi connectivity index (χ4v) is 3.66. The fraction of sp³-hybridized carbons (Fsp3) is 0.556. The molecule has 0 spiro atoms. The summed E-state index contributed by atoms with van der Waals surface area (Å²) < 4.78 is 16.0. The van der Waals surface area contributed by atoms with Gasteiger partial charge < -0.3 is 14.2 Å². The quantitative estimate of drug-likeness (QED) is 0.629. The first kappa shape index (κ1) is 16.0. The van der Waals surface area contributed by atoms with Gasteiger partial charge in [0.05, 0.1) is 26.4 Å². The van der Waals surface area contributed by atoms with E-state index in [0.29, 0.717) is 26.1 Å². The topological polar surface area (TPSA) is 61.8 Å². The zero-order valence-electron chi connectivity index (χ0n) is 13.9. The van der Waals surface area contributed by atoms with Crippen LogP contribution in [0.2, 0.25) is 0 Å². The molecule has 0 amide bonds. The van der Waals surface area contributed by atoms with Crippen molar-refractivity contribution in [2.75, 3.05) is 13.2 Å². The third kappa shape index (κ3) is 2.43. The van der Waals surface area contributed by atoms with E-state index in [1.807, 2.05) is 6.92 Å². The van der Waals surface area contributed by atoms with Gasteiger partial charge in [-0.2, -0.15) is 0 Å². The van der Waals surface area contributed by atoms with Gasteiger partial charge in [-0.3, -0.25) is 9.59 Å². The SMILES string of the molecule is CCOC(=O)C1(C(=O)OCC)Cc2cc(C)c3c(c2C1)COC3. The van der Waals surface area contributed by atoms with Crippen LogP contribution in [0, 0.1) is 12.3 Å². The molecule has 0 fully saturated rings. The normalized spacial score (nSPS) is 17.5. The van der Waals surface area contributed by atoms with E-state index < -0.39 is 17.4 Å². The number of ether oxygens (including phenoxy) is 3. The second-order valence-electron chi connectivity index (χ2n) is 6.16. The Hall–Kier alpha value is -1.88. The van der Waals surface area contributed by atoms with Crippen molar-refractivity contribution in [3.05, 3.63) is 33.9 Å². The van der Waals surface area contributed by atoms with Crippen LogP contribution >= 0.6 is 0 Å². The van der Waals surface area contributed by atoms with E-state index in [0.717, 1.165) is 22.3 Å². The molecule has 1 aromatic carbocycles. The van der Waals surface area contributed by atoms with Crippen LogP contribution in [0.1, 0.15) is 41.7 Å². The van der Waals surface area contributed by atoms with Crippen molar-refractivity contribution in [3.8, 4) is 0 Å². The van der Waals surface area contributed by atoms with Gasteiger partial charge >= 0.3 is 11.9 Å². The highest BCUT2D eigenvalue weighted by Crippen LogP contribution is 2.44. The Morgan fingerprint density at radius 2 is 1.65 bits per heavy atom. The molecule has 23 heavy (non-hydrogen) atoms. The highest BCUT2D eigenvalue weighted by atomic mass is 16.6. The molecule has 1 aliphatic heterocycles. The summed E-state index contributed by atoms with van der Waals surface area (Å²) in [6, 6.07) is 2.07. The number of fused-ring (bicyclic) bond motifs is 3. The van der Waals surface area contributed by atoms with Gasteiger partial charge in [0.25, 0.3) is 0 Å². The summed E-state index contributed by atoms with van der Waals surface area (Å²) >= 11 is 0. The lowest BCUT2D eigenvalue weighted by molar-refractivity contribution is -0.171. The molecular formula is C18H22O5. The van der Waals surface area contributed by atoms with E-state index in [9.17, 15) is 9.59 Å². The predicted molar refractivity (Wildman–Crippen MR) is 82.8 cm³/mol. The predicted octanol–water partition coefficient (Wildman–Crippen LogP) is 2.24. The van der Waals surface area contributed by atoms with Crippen LogP contribution in [0.25, 0.3) is 0 Å². The maximum Gasteiger partial charge on any atom is 0.324 e. The molecule has 1 aromatic rings. The summed E-state index contributed by atoms with van der Waals surface area (Å²) in [7, 11) is 0. The minimum atomic E-state index is -1.25. The van der Waals surface area contributed by atoms with Crippen LogP contribution in [-0.2, 0) is 49.9 Å².